The fourth-order valence-electron chi connectivity index (χ4n) is 2.87. The van der Waals surface area contributed by atoms with Crippen molar-refractivity contribution in [3.63, 3.8) is 0 Å². The Hall–Kier alpha value is -3.22. The SMILES string of the molecule is CCCCCCOc1ccc(C(=O)Nc2ccc(OCC(=O)NCC)cc2)cc1OC. The number of likely N-dealkylation sites (N-methyl/N-ethyl adjacent to an activating group) is 1. The molecule has 2 amide bonds. The molecule has 0 aromatic heterocycles. The molecular formula is C24H32N2O5. The van der Waals surface area contributed by atoms with Crippen LogP contribution in [0.1, 0.15) is 49.9 Å². The lowest BCUT2D eigenvalue weighted by molar-refractivity contribution is -0.122. The van der Waals surface area contributed by atoms with E-state index in [1.54, 1.807) is 49.6 Å². The van der Waals surface area contributed by atoms with Crippen LogP contribution in [0.4, 0.5) is 5.69 Å². The molecule has 0 bridgehead atoms. The van der Waals surface area contributed by atoms with Gasteiger partial charge in [-0.05, 0) is 55.8 Å². The number of hydrogen-bond acceptors (Lipinski definition) is 5. The van der Waals surface area contributed by atoms with Gasteiger partial charge in [0.15, 0.2) is 18.1 Å². The topological polar surface area (TPSA) is 85.9 Å². The maximum atomic E-state index is 12.6. The van der Waals surface area contributed by atoms with E-state index in [1.165, 1.54) is 12.8 Å². The van der Waals surface area contributed by atoms with Gasteiger partial charge in [-0.2, -0.15) is 0 Å². The summed E-state index contributed by atoms with van der Waals surface area (Å²) in [6, 6.07) is 12.0. The van der Waals surface area contributed by atoms with Crippen LogP contribution in [0.25, 0.3) is 0 Å². The number of amides is 2. The molecule has 0 saturated carbocycles. The normalized spacial score (nSPS) is 10.3. The maximum absolute atomic E-state index is 12.6. The predicted molar refractivity (Wildman–Crippen MR) is 121 cm³/mol. The molecule has 0 unspecified atom stereocenters. The molecule has 0 aliphatic rings. The fraction of sp³-hybridized carbons (Fsp3) is 0.417. The highest BCUT2D eigenvalue weighted by Crippen LogP contribution is 2.29. The van der Waals surface area contributed by atoms with E-state index in [0.29, 0.717) is 41.7 Å². The second kappa shape index (κ2) is 13.2. The Morgan fingerprint density at radius 3 is 2.35 bits per heavy atom. The van der Waals surface area contributed by atoms with Crippen LogP contribution in [0.5, 0.6) is 17.2 Å². The third kappa shape index (κ3) is 8.20. The van der Waals surface area contributed by atoms with Gasteiger partial charge in [-0.1, -0.05) is 26.2 Å². The molecule has 2 N–H and O–H groups in total. The summed E-state index contributed by atoms with van der Waals surface area (Å²) in [5.41, 5.74) is 1.08. The summed E-state index contributed by atoms with van der Waals surface area (Å²) >= 11 is 0. The number of nitrogens with one attached hydrogen (secondary N) is 2. The van der Waals surface area contributed by atoms with Gasteiger partial charge in [0.05, 0.1) is 13.7 Å². The quantitative estimate of drug-likeness (QED) is 0.461. The van der Waals surface area contributed by atoms with Gasteiger partial charge in [0.25, 0.3) is 11.8 Å². The number of unbranched alkanes of at least 4 members (excludes halogenated alkanes) is 3. The number of hydrogen-bond donors (Lipinski definition) is 2. The van der Waals surface area contributed by atoms with Crippen LogP contribution in [0.3, 0.4) is 0 Å². The summed E-state index contributed by atoms with van der Waals surface area (Å²) in [5.74, 6) is 1.26. The molecule has 0 heterocycles. The van der Waals surface area contributed by atoms with Crippen molar-refractivity contribution in [2.75, 3.05) is 32.2 Å². The Morgan fingerprint density at radius 1 is 0.903 bits per heavy atom. The molecule has 0 spiro atoms. The number of rotatable bonds is 13. The molecule has 0 fully saturated rings. The number of carbonyl (C=O) groups is 2. The van der Waals surface area contributed by atoms with Gasteiger partial charge in [0, 0.05) is 17.8 Å². The molecular weight excluding hydrogens is 396 g/mol. The summed E-state index contributed by atoms with van der Waals surface area (Å²) in [4.78, 5) is 24.1. The Balaban J connectivity index is 1.91. The third-order valence-electron chi connectivity index (χ3n) is 4.54. The van der Waals surface area contributed by atoms with Crippen LogP contribution in [-0.4, -0.2) is 38.7 Å². The molecule has 7 heteroatoms. The van der Waals surface area contributed by atoms with Crippen LogP contribution >= 0.6 is 0 Å². The van der Waals surface area contributed by atoms with Crippen molar-refractivity contribution in [3.8, 4) is 17.2 Å². The van der Waals surface area contributed by atoms with Crippen molar-refractivity contribution in [1.29, 1.82) is 0 Å². The van der Waals surface area contributed by atoms with Gasteiger partial charge >= 0.3 is 0 Å². The molecule has 0 aliphatic heterocycles. The lowest BCUT2D eigenvalue weighted by atomic mass is 10.1. The van der Waals surface area contributed by atoms with Crippen molar-refractivity contribution in [2.24, 2.45) is 0 Å². The van der Waals surface area contributed by atoms with E-state index in [9.17, 15) is 9.59 Å². The lowest BCUT2D eigenvalue weighted by Gasteiger charge is -2.12. The molecule has 0 saturated heterocycles. The minimum atomic E-state index is -0.260. The molecule has 168 valence electrons. The summed E-state index contributed by atoms with van der Waals surface area (Å²) in [6.07, 6.45) is 4.50. The lowest BCUT2D eigenvalue weighted by Crippen LogP contribution is -2.28. The van der Waals surface area contributed by atoms with Crippen LogP contribution in [0, 0.1) is 0 Å². The second-order valence-corrected chi connectivity index (χ2v) is 7.00. The van der Waals surface area contributed by atoms with Gasteiger partial charge < -0.3 is 24.8 Å². The first-order valence-corrected chi connectivity index (χ1v) is 10.7. The zero-order chi connectivity index (χ0) is 22.5. The highest BCUT2D eigenvalue weighted by atomic mass is 16.5. The Bertz CT molecular complexity index is 836. The first-order valence-electron chi connectivity index (χ1n) is 10.7. The van der Waals surface area contributed by atoms with Gasteiger partial charge in [-0.3, -0.25) is 9.59 Å². The Labute approximate surface area is 184 Å². The zero-order valence-electron chi connectivity index (χ0n) is 18.5. The van der Waals surface area contributed by atoms with E-state index in [2.05, 4.69) is 17.6 Å². The number of carbonyl (C=O) groups excluding carboxylic acids is 2. The molecule has 2 rings (SSSR count). The van der Waals surface area contributed by atoms with E-state index < -0.39 is 0 Å². The largest absolute Gasteiger partial charge is 0.493 e. The summed E-state index contributed by atoms with van der Waals surface area (Å²) in [6.45, 7) is 5.15. The van der Waals surface area contributed by atoms with Gasteiger partial charge in [0.2, 0.25) is 0 Å². The molecule has 0 radical (unpaired) electrons. The van der Waals surface area contributed by atoms with Crippen molar-refractivity contribution >= 4 is 17.5 Å². The number of benzene rings is 2. The van der Waals surface area contributed by atoms with Crippen molar-refractivity contribution in [2.45, 2.75) is 39.5 Å². The number of methoxy groups -OCH3 is 1. The maximum Gasteiger partial charge on any atom is 0.257 e. The number of anilines is 1. The van der Waals surface area contributed by atoms with Crippen molar-refractivity contribution < 1.29 is 23.8 Å². The minimum Gasteiger partial charge on any atom is -0.493 e. The van der Waals surface area contributed by atoms with Crippen LogP contribution in [-0.2, 0) is 4.79 Å². The highest BCUT2D eigenvalue weighted by molar-refractivity contribution is 6.04. The zero-order valence-corrected chi connectivity index (χ0v) is 18.5. The standard InChI is InChI=1S/C24H32N2O5/c1-4-6-7-8-15-30-21-14-9-18(16-22(21)29-3)24(28)26-19-10-12-20(13-11-19)31-17-23(27)25-5-2/h9-14,16H,4-8,15,17H2,1-3H3,(H,25,27)(H,26,28). The third-order valence-corrected chi connectivity index (χ3v) is 4.54. The second-order valence-electron chi connectivity index (χ2n) is 7.00. The monoisotopic (exact) mass is 428 g/mol. The molecule has 2 aromatic rings. The van der Waals surface area contributed by atoms with Crippen molar-refractivity contribution in [1.82, 2.24) is 5.32 Å². The number of ether oxygens (including phenoxy) is 3. The average Bonchev–Trinajstić information content (AvgIpc) is 2.78. The molecule has 0 atom stereocenters. The highest BCUT2D eigenvalue weighted by Gasteiger charge is 2.12. The van der Waals surface area contributed by atoms with Crippen LogP contribution < -0.4 is 24.8 Å². The first kappa shape index (κ1) is 24.1. The van der Waals surface area contributed by atoms with Crippen LogP contribution in [0.15, 0.2) is 42.5 Å². The van der Waals surface area contributed by atoms with Crippen molar-refractivity contribution in [3.05, 3.63) is 48.0 Å². The summed E-state index contributed by atoms with van der Waals surface area (Å²) in [7, 11) is 1.56. The van der Waals surface area contributed by atoms with Gasteiger partial charge in [-0.25, -0.2) is 0 Å². The van der Waals surface area contributed by atoms with E-state index in [1.807, 2.05) is 6.92 Å². The van der Waals surface area contributed by atoms with Gasteiger partial charge in [0.1, 0.15) is 5.75 Å². The van der Waals surface area contributed by atoms with E-state index in [-0.39, 0.29) is 18.4 Å². The minimum absolute atomic E-state index is 0.0492. The van der Waals surface area contributed by atoms with Crippen LogP contribution in [0.2, 0.25) is 0 Å². The molecule has 31 heavy (non-hydrogen) atoms. The molecule has 7 nitrogen and oxygen atoms in total. The fourth-order valence-corrected chi connectivity index (χ4v) is 2.87. The van der Waals surface area contributed by atoms with E-state index in [4.69, 9.17) is 14.2 Å². The van der Waals surface area contributed by atoms with E-state index in [0.717, 1.165) is 12.8 Å². The summed E-state index contributed by atoms with van der Waals surface area (Å²) in [5, 5.41) is 5.50. The van der Waals surface area contributed by atoms with E-state index >= 15 is 0 Å². The molecule has 0 aliphatic carbocycles. The molecule has 2 aromatic carbocycles. The Kier molecular flexibility index (Phi) is 10.2. The van der Waals surface area contributed by atoms with Gasteiger partial charge in [-0.15, -0.1) is 0 Å². The Morgan fingerprint density at radius 2 is 1.68 bits per heavy atom. The first-order chi connectivity index (χ1) is 15.1. The smallest absolute Gasteiger partial charge is 0.257 e. The average molecular weight is 429 g/mol. The summed E-state index contributed by atoms with van der Waals surface area (Å²) < 4.78 is 16.6. The predicted octanol–water partition coefficient (Wildman–Crippen LogP) is 4.42.